The van der Waals surface area contributed by atoms with Crippen LogP contribution in [0.1, 0.15) is 35.0 Å². The first kappa shape index (κ1) is 16.8. The van der Waals surface area contributed by atoms with E-state index >= 15 is 0 Å². The highest BCUT2D eigenvalue weighted by molar-refractivity contribution is 5.93. The third-order valence-corrected chi connectivity index (χ3v) is 3.32. The monoisotopic (exact) mass is 314 g/mol. The van der Waals surface area contributed by atoms with Gasteiger partial charge >= 0.3 is 0 Å². The number of hydrogen-bond acceptors (Lipinski definition) is 4. The zero-order valence-corrected chi connectivity index (χ0v) is 13.8. The largest absolute Gasteiger partial charge is 0.493 e. The standard InChI is InChI=1S/C18H22N2O3/c1-4-9-23-16-8-6-14(10-17(16)22-3)11-20-18(21)15-7-5-13(2)19-12-15/h5-8,10,12H,4,9,11H2,1-3H3,(H,20,21). The Morgan fingerprint density at radius 3 is 2.70 bits per heavy atom. The number of ether oxygens (including phenoxy) is 2. The van der Waals surface area contributed by atoms with Gasteiger partial charge in [0, 0.05) is 18.4 Å². The molecule has 0 atom stereocenters. The molecule has 0 saturated heterocycles. The second kappa shape index (κ2) is 8.17. The number of carbonyl (C=O) groups is 1. The fourth-order valence-corrected chi connectivity index (χ4v) is 2.04. The Labute approximate surface area is 136 Å². The number of carbonyl (C=O) groups excluding carboxylic acids is 1. The minimum atomic E-state index is -0.150. The van der Waals surface area contributed by atoms with Gasteiger partial charge in [0.05, 0.1) is 19.3 Å². The van der Waals surface area contributed by atoms with E-state index in [0.717, 1.165) is 17.7 Å². The van der Waals surface area contributed by atoms with Crippen molar-refractivity contribution in [2.24, 2.45) is 0 Å². The average Bonchev–Trinajstić information content (AvgIpc) is 2.58. The van der Waals surface area contributed by atoms with E-state index in [1.165, 1.54) is 0 Å². The zero-order valence-electron chi connectivity index (χ0n) is 13.8. The summed E-state index contributed by atoms with van der Waals surface area (Å²) in [6.45, 7) is 5.00. The topological polar surface area (TPSA) is 60.5 Å². The molecule has 0 saturated carbocycles. The van der Waals surface area contributed by atoms with Crippen molar-refractivity contribution in [2.45, 2.75) is 26.8 Å². The maximum Gasteiger partial charge on any atom is 0.253 e. The highest BCUT2D eigenvalue weighted by atomic mass is 16.5. The third kappa shape index (κ3) is 4.71. The number of rotatable bonds is 7. The van der Waals surface area contributed by atoms with Gasteiger partial charge in [0.15, 0.2) is 11.5 Å². The van der Waals surface area contributed by atoms with Crippen LogP contribution in [0.2, 0.25) is 0 Å². The van der Waals surface area contributed by atoms with Gasteiger partial charge in [-0.25, -0.2) is 0 Å². The summed E-state index contributed by atoms with van der Waals surface area (Å²) in [6.07, 6.45) is 2.51. The van der Waals surface area contributed by atoms with Gasteiger partial charge in [0.1, 0.15) is 0 Å². The molecule has 1 aromatic heterocycles. The van der Waals surface area contributed by atoms with Crippen LogP contribution in [0.5, 0.6) is 11.5 Å². The molecular weight excluding hydrogens is 292 g/mol. The average molecular weight is 314 g/mol. The molecule has 2 rings (SSSR count). The summed E-state index contributed by atoms with van der Waals surface area (Å²) in [7, 11) is 1.61. The van der Waals surface area contributed by atoms with Crippen LogP contribution in [0.15, 0.2) is 36.5 Å². The summed E-state index contributed by atoms with van der Waals surface area (Å²) in [5.41, 5.74) is 2.37. The number of aryl methyl sites for hydroxylation is 1. The molecule has 0 unspecified atom stereocenters. The van der Waals surface area contributed by atoms with E-state index in [1.807, 2.05) is 31.2 Å². The highest BCUT2D eigenvalue weighted by Gasteiger charge is 2.08. The first-order valence-corrected chi connectivity index (χ1v) is 7.64. The smallest absolute Gasteiger partial charge is 0.253 e. The molecule has 23 heavy (non-hydrogen) atoms. The molecular formula is C18H22N2O3. The number of hydrogen-bond donors (Lipinski definition) is 1. The van der Waals surface area contributed by atoms with Crippen molar-refractivity contribution in [1.82, 2.24) is 10.3 Å². The Morgan fingerprint density at radius 2 is 2.04 bits per heavy atom. The van der Waals surface area contributed by atoms with Gasteiger partial charge in [-0.1, -0.05) is 13.0 Å². The van der Waals surface area contributed by atoms with E-state index in [9.17, 15) is 4.79 Å². The second-order valence-corrected chi connectivity index (χ2v) is 5.20. The number of nitrogens with one attached hydrogen (secondary N) is 1. The lowest BCUT2D eigenvalue weighted by Crippen LogP contribution is -2.23. The van der Waals surface area contributed by atoms with Gasteiger partial charge in [-0.2, -0.15) is 0 Å². The van der Waals surface area contributed by atoms with Crippen molar-refractivity contribution >= 4 is 5.91 Å². The SMILES string of the molecule is CCCOc1ccc(CNC(=O)c2ccc(C)nc2)cc1OC. The Balaban J connectivity index is 1.99. The molecule has 0 fully saturated rings. The van der Waals surface area contributed by atoms with Crippen molar-refractivity contribution in [3.05, 3.63) is 53.3 Å². The van der Waals surface area contributed by atoms with Crippen molar-refractivity contribution in [3.8, 4) is 11.5 Å². The van der Waals surface area contributed by atoms with Gasteiger partial charge < -0.3 is 14.8 Å². The fourth-order valence-electron chi connectivity index (χ4n) is 2.04. The second-order valence-electron chi connectivity index (χ2n) is 5.20. The predicted molar refractivity (Wildman–Crippen MR) is 88.9 cm³/mol. The van der Waals surface area contributed by atoms with Gasteiger partial charge in [-0.05, 0) is 43.2 Å². The fraction of sp³-hybridized carbons (Fsp3) is 0.333. The van der Waals surface area contributed by atoms with Crippen LogP contribution in [0.3, 0.4) is 0 Å². The Bertz CT molecular complexity index is 654. The van der Waals surface area contributed by atoms with Crippen molar-refractivity contribution < 1.29 is 14.3 Å². The van der Waals surface area contributed by atoms with E-state index in [2.05, 4.69) is 17.2 Å². The number of pyridine rings is 1. The lowest BCUT2D eigenvalue weighted by Gasteiger charge is -2.12. The summed E-state index contributed by atoms with van der Waals surface area (Å²) in [5.74, 6) is 1.23. The van der Waals surface area contributed by atoms with Crippen LogP contribution >= 0.6 is 0 Å². The molecule has 0 radical (unpaired) electrons. The quantitative estimate of drug-likeness (QED) is 0.853. The molecule has 1 aromatic carbocycles. The molecule has 0 aliphatic carbocycles. The number of nitrogens with zero attached hydrogens (tertiary/aromatic N) is 1. The molecule has 0 bridgehead atoms. The lowest BCUT2D eigenvalue weighted by atomic mass is 10.2. The van der Waals surface area contributed by atoms with E-state index in [0.29, 0.717) is 30.2 Å². The maximum atomic E-state index is 12.1. The summed E-state index contributed by atoms with van der Waals surface area (Å²) in [5, 5.41) is 2.87. The van der Waals surface area contributed by atoms with Gasteiger partial charge in [-0.15, -0.1) is 0 Å². The van der Waals surface area contributed by atoms with Crippen molar-refractivity contribution in [1.29, 1.82) is 0 Å². The number of methoxy groups -OCH3 is 1. The van der Waals surface area contributed by atoms with Crippen LogP contribution in [0, 0.1) is 6.92 Å². The van der Waals surface area contributed by atoms with Crippen LogP contribution in [-0.4, -0.2) is 24.6 Å². The van der Waals surface area contributed by atoms with Gasteiger partial charge in [-0.3, -0.25) is 9.78 Å². The molecule has 1 amide bonds. The number of benzene rings is 1. The normalized spacial score (nSPS) is 10.2. The van der Waals surface area contributed by atoms with Crippen molar-refractivity contribution in [3.63, 3.8) is 0 Å². The van der Waals surface area contributed by atoms with E-state index in [1.54, 1.807) is 19.4 Å². The first-order valence-electron chi connectivity index (χ1n) is 7.64. The molecule has 2 aromatic rings. The van der Waals surface area contributed by atoms with E-state index < -0.39 is 0 Å². The molecule has 5 nitrogen and oxygen atoms in total. The van der Waals surface area contributed by atoms with Crippen LogP contribution in [0.25, 0.3) is 0 Å². The molecule has 0 spiro atoms. The number of amides is 1. The van der Waals surface area contributed by atoms with E-state index in [-0.39, 0.29) is 5.91 Å². The molecule has 1 N–H and O–H groups in total. The molecule has 0 aliphatic rings. The zero-order chi connectivity index (χ0) is 16.7. The summed E-state index contributed by atoms with van der Waals surface area (Å²) in [6, 6.07) is 9.24. The Kier molecular flexibility index (Phi) is 5.97. The highest BCUT2D eigenvalue weighted by Crippen LogP contribution is 2.28. The minimum absolute atomic E-state index is 0.150. The summed E-state index contributed by atoms with van der Waals surface area (Å²) >= 11 is 0. The maximum absolute atomic E-state index is 12.1. The predicted octanol–water partition coefficient (Wildman–Crippen LogP) is 3.12. The van der Waals surface area contributed by atoms with Crippen LogP contribution in [-0.2, 0) is 6.54 Å². The summed E-state index contributed by atoms with van der Waals surface area (Å²) in [4.78, 5) is 16.2. The van der Waals surface area contributed by atoms with Crippen LogP contribution in [0.4, 0.5) is 0 Å². The molecule has 5 heteroatoms. The minimum Gasteiger partial charge on any atom is -0.493 e. The third-order valence-electron chi connectivity index (χ3n) is 3.32. The Morgan fingerprint density at radius 1 is 1.22 bits per heavy atom. The van der Waals surface area contributed by atoms with Gasteiger partial charge in [0.2, 0.25) is 0 Å². The van der Waals surface area contributed by atoms with Crippen LogP contribution < -0.4 is 14.8 Å². The Hall–Kier alpha value is -2.56. The van der Waals surface area contributed by atoms with Crippen molar-refractivity contribution in [2.75, 3.05) is 13.7 Å². The van der Waals surface area contributed by atoms with Gasteiger partial charge in [0.25, 0.3) is 5.91 Å². The van der Waals surface area contributed by atoms with E-state index in [4.69, 9.17) is 9.47 Å². The molecule has 1 heterocycles. The number of aromatic nitrogens is 1. The first-order chi connectivity index (χ1) is 11.1. The summed E-state index contributed by atoms with van der Waals surface area (Å²) < 4.78 is 11.0. The lowest BCUT2D eigenvalue weighted by molar-refractivity contribution is 0.0950. The molecule has 0 aliphatic heterocycles. The molecule has 122 valence electrons.